The van der Waals surface area contributed by atoms with Gasteiger partial charge in [0.25, 0.3) is 5.91 Å². The molecule has 3 aromatic rings. The highest BCUT2D eigenvalue weighted by Gasteiger charge is 2.35. The molecule has 1 aliphatic rings. The first-order valence-corrected chi connectivity index (χ1v) is 11.8. The van der Waals surface area contributed by atoms with Gasteiger partial charge in [-0.2, -0.15) is 0 Å². The van der Waals surface area contributed by atoms with Crippen LogP contribution in [0.2, 0.25) is 0 Å². The number of carbonyl (C=O) groups excluding carboxylic acids is 3. The summed E-state index contributed by atoms with van der Waals surface area (Å²) in [5.74, 6) is 0.0221. The van der Waals surface area contributed by atoms with E-state index in [1.54, 1.807) is 36.4 Å². The van der Waals surface area contributed by atoms with Gasteiger partial charge in [0.05, 0.1) is 6.42 Å². The number of nitrogens with zero attached hydrogens (tertiary/aromatic N) is 1. The van der Waals surface area contributed by atoms with Crippen LogP contribution in [0.25, 0.3) is 0 Å². The smallest absolute Gasteiger partial charge is 0.308 e. The van der Waals surface area contributed by atoms with Gasteiger partial charge in [0.2, 0.25) is 5.91 Å². The summed E-state index contributed by atoms with van der Waals surface area (Å²) in [5, 5.41) is 2.72. The lowest BCUT2D eigenvalue weighted by Gasteiger charge is -2.34. The van der Waals surface area contributed by atoms with E-state index in [2.05, 4.69) is 5.32 Å². The van der Waals surface area contributed by atoms with Gasteiger partial charge in [-0.3, -0.25) is 14.4 Å². The maximum Gasteiger partial charge on any atom is 0.308 e. The van der Waals surface area contributed by atoms with Crippen molar-refractivity contribution in [3.05, 3.63) is 96.1 Å². The third-order valence-electron chi connectivity index (χ3n) is 5.66. The van der Waals surface area contributed by atoms with Crippen LogP contribution < -0.4 is 14.8 Å². The summed E-state index contributed by atoms with van der Waals surface area (Å²) >= 11 is 0. The number of carbonyl (C=O) groups is 3. The number of piperazine rings is 1. The van der Waals surface area contributed by atoms with Gasteiger partial charge in [-0.15, -0.1) is 0 Å². The zero-order valence-corrected chi connectivity index (χ0v) is 19.8. The Labute approximate surface area is 209 Å². The van der Waals surface area contributed by atoms with E-state index in [9.17, 15) is 14.4 Å². The summed E-state index contributed by atoms with van der Waals surface area (Å²) in [4.78, 5) is 39.5. The van der Waals surface area contributed by atoms with Gasteiger partial charge in [-0.05, 0) is 42.0 Å². The zero-order valence-electron chi connectivity index (χ0n) is 19.8. The third-order valence-corrected chi connectivity index (χ3v) is 5.66. The van der Waals surface area contributed by atoms with E-state index >= 15 is 0 Å². The topological polar surface area (TPSA) is 94.2 Å². The van der Waals surface area contributed by atoms with E-state index in [4.69, 9.17) is 14.2 Å². The number of benzene rings is 3. The second-order valence-electron chi connectivity index (χ2n) is 8.19. The number of amides is 2. The maximum atomic E-state index is 13.2. The van der Waals surface area contributed by atoms with Crippen molar-refractivity contribution in [3.8, 4) is 11.5 Å². The van der Waals surface area contributed by atoms with E-state index in [0.29, 0.717) is 36.8 Å². The fourth-order valence-corrected chi connectivity index (χ4v) is 3.81. The van der Waals surface area contributed by atoms with Crippen molar-refractivity contribution in [2.45, 2.75) is 19.1 Å². The van der Waals surface area contributed by atoms with Gasteiger partial charge in [-0.1, -0.05) is 48.5 Å². The molecule has 0 bridgehead atoms. The molecular formula is C28H28N2O6. The van der Waals surface area contributed by atoms with Crippen molar-refractivity contribution >= 4 is 17.8 Å². The monoisotopic (exact) mass is 488 g/mol. The van der Waals surface area contributed by atoms with Crippen molar-refractivity contribution in [2.24, 2.45) is 0 Å². The molecule has 1 aliphatic heterocycles. The number of hydrogen-bond acceptors (Lipinski definition) is 6. The van der Waals surface area contributed by atoms with Gasteiger partial charge < -0.3 is 24.4 Å². The van der Waals surface area contributed by atoms with Crippen LogP contribution in [0, 0.1) is 0 Å². The van der Waals surface area contributed by atoms with Crippen molar-refractivity contribution in [1.29, 1.82) is 0 Å². The molecule has 1 unspecified atom stereocenters. The highest BCUT2D eigenvalue weighted by molar-refractivity contribution is 5.99. The molecule has 8 heteroatoms. The Hall–Kier alpha value is -4.33. The zero-order chi connectivity index (χ0) is 25.2. The van der Waals surface area contributed by atoms with Crippen molar-refractivity contribution < 1.29 is 28.6 Å². The van der Waals surface area contributed by atoms with Crippen LogP contribution in [0.15, 0.2) is 84.9 Å². The molecule has 1 fully saturated rings. The highest BCUT2D eigenvalue weighted by atomic mass is 16.6. The molecule has 0 saturated carbocycles. The lowest BCUT2D eigenvalue weighted by atomic mass is 10.1. The number of ether oxygens (including phenoxy) is 3. The molecule has 3 aromatic carbocycles. The van der Waals surface area contributed by atoms with Gasteiger partial charge in [0.1, 0.15) is 37.4 Å². The lowest BCUT2D eigenvalue weighted by Crippen LogP contribution is -2.57. The van der Waals surface area contributed by atoms with Crippen LogP contribution in [0.1, 0.15) is 22.3 Å². The van der Waals surface area contributed by atoms with E-state index in [-0.39, 0.29) is 31.4 Å². The summed E-state index contributed by atoms with van der Waals surface area (Å²) in [6, 6.07) is 24.8. The Kier molecular flexibility index (Phi) is 8.53. The fourth-order valence-electron chi connectivity index (χ4n) is 3.81. The summed E-state index contributed by atoms with van der Waals surface area (Å²) in [6.45, 7) is 1.26. The largest absolute Gasteiger partial charge is 0.490 e. The average molecular weight is 489 g/mol. The molecule has 186 valence electrons. The molecular weight excluding hydrogens is 460 g/mol. The van der Waals surface area contributed by atoms with Crippen LogP contribution in [0.5, 0.6) is 11.5 Å². The van der Waals surface area contributed by atoms with Crippen LogP contribution in [0.4, 0.5) is 0 Å². The number of rotatable bonds is 10. The van der Waals surface area contributed by atoms with E-state index in [1.807, 2.05) is 48.5 Å². The Morgan fingerprint density at radius 3 is 2.22 bits per heavy atom. The Morgan fingerprint density at radius 1 is 0.833 bits per heavy atom. The molecule has 4 rings (SSSR count). The van der Waals surface area contributed by atoms with Crippen LogP contribution in [-0.2, 0) is 20.9 Å². The van der Waals surface area contributed by atoms with Crippen molar-refractivity contribution in [2.75, 3.05) is 26.3 Å². The van der Waals surface area contributed by atoms with Crippen LogP contribution in [0.3, 0.4) is 0 Å². The standard InChI is InChI=1S/C28H28N2O6/c31-26(35-18-17-34-23-9-5-2-6-10-23)19-25-27(32)29-15-16-30(25)28(33)22-11-13-24(14-12-22)36-20-21-7-3-1-4-8-21/h1-14,25H,15-20H2,(H,29,32). The first-order valence-electron chi connectivity index (χ1n) is 11.8. The van der Waals surface area contributed by atoms with Crippen molar-refractivity contribution in [1.82, 2.24) is 10.2 Å². The second-order valence-corrected chi connectivity index (χ2v) is 8.19. The maximum absolute atomic E-state index is 13.2. The minimum Gasteiger partial charge on any atom is -0.490 e. The molecule has 1 N–H and O–H groups in total. The first-order chi connectivity index (χ1) is 17.6. The molecule has 0 radical (unpaired) electrons. The summed E-state index contributed by atoms with van der Waals surface area (Å²) in [6.07, 6.45) is -0.235. The minimum atomic E-state index is -0.942. The molecule has 1 saturated heterocycles. The molecule has 1 atom stereocenters. The molecule has 1 heterocycles. The molecule has 0 aliphatic carbocycles. The highest BCUT2D eigenvalue weighted by Crippen LogP contribution is 2.19. The Morgan fingerprint density at radius 2 is 1.50 bits per heavy atom. The van der Waals surface area contributed by atoms with E-state index in [1.165, 1.54) is 4.90 Å². The summed E-state index contributed by atoms with van der Waals surface area (Å²) < 4.78 is 16.5. The summed E-state index contributed by atoms with van der Waals surface area (Å²) in [5.41, 5.74) is 1.45. The number of para-hydroxylation sites is 1. The van der Waals surface area contributed by atoms with Crippen molar-refractivity contribution in [3.63, 3.8) is 0 Å². The number of nitrogens with one attached hydrogen (secondary N) is 1. The Balaban J connectivity index is 1.30. The normalized spacial score (nSPS) is 15.1. The predicted molar refractivity (Wildman–Crippen MR) is 133 cm³/mol. The van der Waals surface area contributed by atoms with Gasteiger partial charge >= 0.3 is 5.97 Å². The molecule has 8 nitrogen and oxygen atoms in total. The van der Waals surface area contributed by atoms with E-state index < -0.39 is 12.0 Å². The minimum absolute atomic E-state index is 0.0421. The first kappa shape index (κ1) is 24.8. The van der Waals surface area contributed by atoms with E-state index in [0.717, 1.165) is 5.56 Å². The number of esters is 1. The molecule has 36 heavy (non-hydrogen) atoms. The van der Waals surface area contributed by atoms with Gasteiger partial charge in [0.15, 0.2) is 0 Å². The molecule has 0 spiro atoms. The average Bonchev–Trinajstić information content (AvgIpc) is 2.92. The quantitative estimate of drug-likeness (QED) is 0.348. The van der Waals surface area contributed by atoms with Gasteiger partial charge in [-0.25, -0.2) is 0 Å². The van der Waals surface area contributed by atoms with Gasteiger partial charge in [0, 0.05) is 18.7 Å². The SMILES string of the molecule is O=C(CC1C(=O)NCCN1C(=O)c1ccc(OCc2ccccc2)cc1)OCCOc1ccccc1. The second kappa shape index (κ2) is 12.4. The van der Waals surface area contributed by atoms with Crippen LogP contribution in [-0.4, -0.2) is 55.0 Å². The lowest BCUT2D eigenvalue weighted by molar-refractivity contribution is -0.148. The third kappa shape index (κ3) is 6.85. The Bertz CT molecular complexity index is 1150. The molecule has 2 amide bonds. The fraction of sp³-hybridized carbons (Fsp3) is 0.250. The summed E-state index contributed by atoms with van der Waals surface area (Å²) in [7, 11) is 0. The van der Waals surface area contributed by atoms with Crippen LogP contribution >= 0.6 is 0 Å². The number of hydrogen-bond donors (Lipinski definition) is 1. The predicted octanol–water partition coefficient (Wildman–Crippen LogP) is 3.22. The molecule has 0 aromatic heterocycles.